The van der Waals surface area contributed by atoms with Crippen molar-refractivity contribution in [2.24, 2.45) is 5.92 Å². The molecule has 1 saturated carbocycles. The second kappa shape index (κ2) is 4.23. The molecule has 1 fully saturated rings. The van der Waals surface area contributed by atoms with E-state index in [-0.39, 0.29) is 11.9 Å². The van der Waals surface area contributed by atoms with Gasteiger partial charge in [0.2, 0.25) is 5.28 Å². The predicted octanol–water partition coefficient (Wildman–Crippen LogP) is 1.81. The Bertz CT molecular complexity index is 541. The van der Waals surface area contributed by atoms with Crippen molar-refractivity contribution in [1.82, 2.24) is 19.7 Å². The number of aliphatic hydroxyl groups is 1. The molecule has 3 rings (SSSR count). The smallest absolute Gasteiger partial charge is 0.224 e. The average molecular weight is 253 g/mol. The van der Waals surface area contributed by atoms with Crippen molar-refractivity contribution in [3.8, 4) is 0 Å². The van der Waals surface area contributed by atoms with Gasteiger partial charge in [-0.2, -0.15) is 10.1 Å². The Morgan fingerprint density at radius 3 is 3.06 bits per heavy atom. The number of rotatable bonds is 2. The average Bonchev–Trinajstić information content (AvgIpc) is 2.93. The Labute approximate surface area is 103 Å². The zero-order valence-electron chi connectivity index (χ0n) is 9.25. The van der Waals surface area contributed by atoms with Gasteiger partial charge in [-0.1, -0.05) is 0 Å². The summed E-state index contributed by atoms with van der Waals surface area (Å²) >= 11 is 5.81. The van der Waals surface area contributed by atoms with Crippen molar-refractivity contribution >= 4 is 22.6 Å². The molecular weight excluding hydrogens is 240 g/mol. The standard InChI is InChI=1S/C11H13ClN4O/c12-11-13-4-8-5-14-16(10(8)15-11)9-2-1-7(3-9)6-17/h4-5,7,9,17H,1-3,6H2/t7-,9-/m0/s1. The van der Waals surface area contributed by atoms with Crippen LogP contribution in [0.15, 0.2) is 12.4 Å². The Kier molecular flexibility index (Phi) is 2.72. The molecule has 2 aromatic heterocycles. The zero-order chi connectivity index (χ0) is 11.8. The summed E-state index contributed by atoms with van der Waals surface area (Å²) in [5.41, 5.74) is 0.786. The highest BCUT2D eigenvalue weighted by Gasteiger charge is 2.27. The quantitative estimate of drug-likeness (QED) is 0.828. The van der Waals surface area contributed by atoms with Crippen molar-refractivity contribution in [2.75, 3.05) is 6.61 Å². The summed E-state index contributed by atoms with van der Waals surface area (Å²) in [6, 6.07) is 0.315. The van der Waals surface area contributed by atoms with E-state index < -0.39 is 0 Å². The molecule has 17 heavy (non-hydrogen) atoms. The van der Waals surface area contributed by atoms with E-state index in [1.54, 1.807) is 12.4 Å². The van der Waals surface area contributed by atoms with Gasteiger partial charge in [0.05, 0.1) is 17.6 Å². The fraction of sp³-hybridized carbons (Fsp3) is 0.545. The van der Waals surface area contributed by atoms with E-state index in [0.29, 0.717) is 12.0 Å². The monoisotopic (exact) mass is 252 g/mol. The molecule has 5 nitrogen and oxygen atoms in total. The van der Waals surface area contributed by atoms with Gasteiger partial charge in [-0.15, -0.1) is 0 Å². The highest BCUT2D eigenvalue weighted by atomic mass is 35.5. The normalized spacial score (nSPS) is 24.6. The Hall–Kier alpha value is -1.20. The van der Waals surface area contributed by atoms with E-state index in [1.807, 2.05) is 4.68 Å². The van der Waals surface area contributed by atoms with E-state index >= 15 is 0 Å². The van der Waals surface area contributed by atoms with E-state index in [0.717, 1.165) is 30.3 Å². The third-order valence-corrected chi connectivity index (χ3v) is 3.60. The van der Waals surface area contributed by atoms with E-state index in [9.17, 15) is 0 Å². The third-order valence-electron chi connectivity index (χ3n) is 3.42. The van der Waals surface area contributed by atoms with Gasteiger partial charge in [-0.3, -0.25) is 0 Å². The molecule has 2 atom stereocenters. The summed E-state index contributed by atoms with van der Waals surface area (Å²) < 4.78 is 1.92. The molecule has 0 radical (unpaired) electrons. The van der Waals surface area contributed by atoms with Gasteiger partial charge < -0.3 is 5.11 Å². The summed E-state index contributed by atoms with van der Waals surface area (Å²) in [6.07, 6.45) is 6.48. The van der Waals surface area contributed by atoms with Crippen LogP contribution in [0, 0.1) is 5.92 Å². The maximum atomic E-state index is 9.16. The molecule has 0 amide bonds. The van der Waals surface area contributed by atoms with Crippen molar-refractivity contribution in [3.05, 3.63) is 17.7 Å². The lowest BCUT2D eigenvalue weighted by Crippen LogP contribution is -2.09. The highest BCUT2D eigenvalue weighted by Crippen LogP contribution is 2.35. The van der Waals surface area contributed by atoms with E-state index in [1.165, 1.54) is 0 Å². The molecule has 0 unspecified atom stereocenters. The van der Waals surface area contributed by atoms with Crippen LogP contribution in [0.5, 0.6) is 0 Å². The second-order valence-corrected chi connectivity index (χ2v) is 4.86. The van der Waals surface area contributed by atoms with Gasteiger partial charge in [0.1, 0.15) is 0 Å². The molecule has 0 spiro atoms. The van der Waals surface area contributed by atoms with E-state index in [2.05, 4.69) is 15.1 Å². The van der Waals surface area contributed by atoms with Gasteiger partial charge >= 0.3 is 0 Å². The summed E-state index contributed by atoms with van der Waals surface area (Å²) in [5.74, 6) is 0.386. The van der Waals surface area contributed by atoms with Crippen molar-refractivity contribution in [2.45, 2.75) is 25.3 Å². The first kappa shape index (κ1) is 10.9. The minimum absolute atomic E-state index is 0.246. The first-order chi connectivity index (χ1) is 8.28. The second-order valence-electron chi connectivity index (χ2n) is 4.52. The minimum atomic E-state index is 0.246. The maximum absolute atomic E-state index is 9.16. The van der Waals surface area contributed by atoms with Gasteiger partial charge in [0.25, 0.3) is 0 Å². The van der Waals surface area contributed by atoms with Crippen LogP contribution in [0.2, 0.25) is 5.28 Å². The minimum Gasteiger partial charge on any atom is -0.396 e. The molecular formula is C11H13ClN4O. The lowest BCUT2D eigenvalue weighted by molar-refractivity contribution is 0.226. The molecule has 6 heteroatoms. The number of aliphatic hydroxyl groups excluding tert-OH is 1. The Morgan fingerprint density at radius 1 is 1.41 bits per heavy atom. The van der Waals surface area contributed by atoms with Crippen molar-refractivity contribution in [3.63, 3.8) is 0 Å². The molecule has 0 aliphatic heterocycles. The molecule has 2 heterocycles. The SMILES string of the molecule is OC[C@H]1CC[C@H](n2ncc3cnc(Cl)nc32)C1. The molecule has 0 saturated heterocycles. The predicted molar refractivity (Wildman–Crippen MR) is 63.8 cm³/mol. The van der Waals surface area contributed by atoms with Crippen molar-refractivity contribution < 1.29 is 5.11 Å². The van der Waals surface area contributed by atoms with Crippen molar-refractivity contribution in [1.29, 1.82) is 0 Å². The summed E-state index contributed by atoms with van der Waals surface area (Å²) in [6.45, 7) is 0.255. The van der Waals surface area contributed by atoms with Crippen LogP contribution in [0.25, 0.3) is 11.0 Å². The fourth-order valence-electron chi connectivity index (χ4n) is 2.52. The lowest BCUT2D eigenvalue weighted by atomic mass is 10.1. The molecule has 1 N–H and O–H groups in total. The molecule has 2 aromatic rings. The van der Waals surface area contributed by atoms with Gasteiger partial charge in [0.15, 0.2) is 5.65 Å². The van der Waals surface area contributed by atoms with Crippen LogP contribution in [-0.2, 0) is 0 Å². The Balaban J connectivity index is 1.98. The third kappa shape index (κ3) is 1.89. The van der Waals surface area contributed by atoms with Gasteiger partial charge in [0, 0.05) is 12.8 Å². The fourth-order valence-corrected chi connectivity index (χ4v) is 2.65. The Morgan fingerprint density at radius 2 is 2.29 bits per heavy atom. The number of hydrogen-bond donors (Lipinski definition) is 1. The van der Waals surface area contributed by atoms with Crippen LogP contribution in [0.1, 0.15) is 25.3 Å². The number of hydrogen-bond acceptors (Lipinski definition) is 4. The number of nitrogens with zero attached hydrogens (tertiary/aromatic N) is 4. The molecule has 1 aliphatic carbocycles. The molecule has 90 valence electrons. The number of aromatic nitrogens is 4. The van der Waals surface area contributed by atoms with Crippen LogP contribution >= 0.6 is 11.6 Å². The topological polar surface area (TPSA) is 63.8 Å². The van der Waals surface area contributed by atoms with Gasteiger partial charge in [-0.05, 0) is 36.8 Å². The van der Waals surface area contributed by atoms with Crippen LogP contribution < -0.4 is 0 Å². The lowest BCUT2D eigenvalue weighted by Gasteiger charge is -2.11. The number of fused-ring (bicyclic) bond motifs is 1. The summed E-state index contributed by atoms with van der Waals surface area (Å²) in [5, 5.41) is 14.7. The van der Waals surface area contributed by atoms with Gasteiger partial charge in [-0.25, -0.2) is 9.67 Å². The zero-order valence-corrected chi connectivity index (χ0v) is 10.0. The number of halogens is 1. The van der Waals surface area contributed by atoms with E-state index in [4.69, 9.17) is 16.7 Å². The summed E-state index contributed by atoms with van der Waals surface area (Å²) in [7, 11) is 0. The largest absolute Gasteiger partial charge is 0.396 e. The highest BCUT2D eigenvalue weighted by molar-refractivity contribution is 6.28. The summed E-state index contributed by atoms with van der Waals surface area (Å²) in [4.78, 5) is 8.16. The van der Waals surface area contributed by atoms with Crippen LogP contribution in [0.4, 0.5) is 0 Å². The molecule has 1 aliphatic rings. The first-order valence-corrected chi connectivity index (χ1v) is 6.12. The van der Waals surface area contributed by atoms with Crippen LogP contribution in [-0.4, -0.2) is 31.5 Å². The first-order valence-electron chi connectivity index (χ1n) is 5.74. The van der Waals surface area contributed by atoms with Crippen LogP contribution in [0.3, 0.4) is 0 Å². The molecule has 0 bridgehead atoms. The molecule has 0 aromatic carbocycles. The maximum Gasteiger partial charge on any atom is 0.224 e.